The zero-order valence-electron chi connectivity index (χ0n) is 20.5. The SMILES string of the molecule is CCn1cccc(N2CC(c3c(F)cc(OC)cc3F)CC2=O)c1=O.NC(=O)c1ccc(OC(F)F)cc1. The van der Waals surface area contributed by atoms with Crippen molar-refractivity contribution in [2.75, 3.05) is 18.6 Å². The Morgan fingerprint density at radius 3 is 2.24 bits per heavy atom. The molecule has 2 amide bonds. The lowest BCUT2D eigenvalue weighted by Gasteiger charge is -2.18. The third-order valence-corrected chi connectivity index (χ3v) is 5.82. The lowest BCUT2D eigenvalue weighted by atomic mass is 9.97. The summed E-state index contributed by atoms with van der Waals surface area (Å²) in [6.45, 7) is -0.511. The number of aromatic nitrogens is 1. The molecule has 0 aliphatic carbocycles. The second kappa shape index (κ2) is 12.3. The highest BCUT2D eigenvalue weighted by molar-refractivity contribution is 5.96. The number of ether oxygens (including phenoxy) is 2. The molecule has 2 aromatic carbocycles. The average molecular weight is 535 g/mol. The smallest absolute Gasteiger partial charge is 0.387 e. The standard InChI is InChI=1S/C18H18F2N2O3.C8H7F2NO2/c1-3-21-6-4-5-15(18(21)24)22-10-11(7-16(22)23)17-13(19)8-12(25-2)9-14(17)20;9-8(10)13-6-3-1-5(2-4-6)7(11)12/h4-6,8-9,11H,3,7,10H2,1-2H3;1-4,8H,(H2,11,12). The Hall–Kier alpha value is -4.35. The highest BCUT2D eigenvalue weighted by Gasteiger charge is 2.36. The van der Waals surface area contributed by atoms with E-state index in [-0.39, 0.29) is 52.7 Å². The number of rotatable bonds is 7. The number of halogens is 4. The fraction of sp³-hybridized carbons (Fsp3) is 0.269. The predicted octanol–water partition coefficient (Wildman–Crippen LogP) is 4.06. The van der Waals surface area contributed by atoms with Crippen LogP contribution in [0.2, 0.25) is 0 Å². The molecule has 3 aromatic rings. The van der Waals surface area contributed by atoms with Crippen LogP contribution in [0.5, 0.6) is 11.5 Å². The number of hydrogen-bond acceptors (Lipinski definition) is 5. The molecule has 0 saturated carbocycles. The van der Waals surface area contributed by atoms with Gasteiger partial charge in [0.05, 0.1) is 7.11 Å². The normalized spacial score (nSPS) is 14.8. The molecular weight excluding hydrogens is 510 g/mol. The summed E-state index contributed by atoms with van der Waals surface area (Å²) >= 11 is 0. The minimum Gasteiger partial charge on any atom is -0.497 e. The number of methoxy groups -OCH3 is 1. The van der Waals surface area contributed by atoms with Crippen LogP contribution in [-0.4, -0.2) is 36.6 Å². The van der Waals surface area contributed by atoms with Gasteiger partial charge in [0, 0.05) is 54.9 Å². The number of carbonyl (C=O) groups is 2. The Balaban J connectivity index is 0.000000260. The van der Waals surface area contributed by atoms with Crippen molar-refractivity contribution in [2.24, 2.45) is 5.73 Å². The number of nitrogens with two attached hydrogens (primary N) is 1. The molecule has 1 fully saturated rings. The van der Waals surface area contributed by atoms with E-state index >= 15 is 0 Å². The van der Waals surface area contributed by atoms with Crippen molar-refractivity contribution in [3.05, 3.63) is 87.8 Å². The Morgan fingerprint density at radius 1 is 1.08 bits per heavy atom. The van der Waals surface area contributed by atoms with Gasteiger partial charge in [0.25, 0.3) is 5.56 Å². The fourth-order valence-corrected chi connectivity index (χ4v) is 3.98. The molecule has 1 saturated heterocycles. The molecule has 1 aliphatic heterocycles. The quantitative estimate of drug-likeness (QED) is 0.460. The van der Waals surface area contributed by atoms with E-state index in [1.807, 2.05) is 6.92 Å². The molecule has 4 rings (SSSR count). The number of nitrogens with zero attached hydrogens (tertiary/aromatic N) is 2. The summed E-state index contributed by atoms with van der Waals surface area (Å²) in [6, 6.07) is 10.6. The van der Waals surface area contributed by atoms with Gasteiger partial charge in [-0.3, -0.25) is 14.4 Å². The summed E-state index contributed by atoms with van der Waals surface area (Å²) in [5, 5.41) is 0. The van der Waals surface area contributed by atoms with Gasteiger partial charge in [-0.2, -0.15) is 8.78 Å². The van der Waals surface area contributed by atoms with Crippen LogP contribution in [0.4, 0.5) is 23.2 Å². The van der Waals surface area contributed by atoms with Gasteiger partial charge in [-0.05, 0) is 43.3 Å². The van der Waals surface area contributed by atoms with E-state index in [9.17, 15) is 31.9 Å². The van der Waals surface area contributed by atoms with E-state index in [2.05, 4.69) is 4.74 Å². The van der Waals surface area contributed by atoms with E-state index in [0.717, 1.165) is 12.1 Å². The number of carbonyl (C=O) groups excluding carboxylic acids is 2. The van der Waals surface area contributed by atoms with Gasteiger partial charge in [-0.1, -0.05) is 0 Å². The van der Waals surface area contributed by atoms with Crippen molar-refractivity contribution in [1.29, 1.82) is 0 Å². The summed E-state index contributed by atoms with van der Waals surface area (Å²) in [5.74, 6) is -3.03. The third kappa shape index (κ3) is 6.50. The maximum atomic E-state index is 14.3. The Labute approximate surface area is 215 Å². The van der Waals surface area contributed by atoms with Crippen molar-refractivity contribution < 1.29 is 36.6 Å². The van der Waals surface area contributed by atoms with E-state index in [4.69, 9.17) is 10.5 Å². The molecular formula is C26H25F4N3O5. The fourth-order valence-electron chi connectivity index (χ4n) is 3.98. The third-order valence-electron chi connectivity index (χ3n) is 5.82. The number of hydrogen-bond donors (Lipinski definition) is 1. The largest absolute Gasteiger partial charge is 0.497 e. The second-order valence-corrected chi connectivity index (χ2v) is 8.16. The number of pyridine rings is 1. The zero-order valence-corrected chi connectivity index (χ0v) is 20.5. The van der Waals surface area contributed by atoms with Crippen LogP contribution >= 0.6 is 0 Å². The summed E-state index contributed by atoms with van der Waals surface area (Å²) < 4.78 is 62.3. The van der Waals surface area contributed by atoms with Crippen molar-refractivity contribution in [1.82, 2.24) is 4.57 Å². The molecule has 38 heavy (non-hydrogen) atoms. The predicted molar refractivity (Wildman–Crippen MR) is 131 cm³/mol. The molecule has 1 unspecified atom stereocenters. The lowest BCUT2D eigenvalue weighted by molar-refractivity contribution is -0.117. The Kier molecular flexibility index (Phi) is 9.11. The van der Waals surface area contributed by atoms with E-state index in [1.165, 1.54) is 40.8 Å². The molecule has 2 N–H and O–H groups in total. The van der Waals surface area contributed by atoms with Crippen molar-refractivity contribution in [2.45, 2.75) is 32.4 Å². The number of primary amides is 1. The van der Waals surface area contributed by atoms with Gasteiger partial charge in [-0.25, -0.2) is 8.78 Å². The van der Waals surface area contributed by atoms with Crippen LogP contribution in [0.25, 0.3) is 0 Å². The van der Waals surface area contributed by atoms with Crippen LogP contribution in [0, 0.1) is 11.6 Å². The first-order valence-corrected chi connectivity index (χ1v) is 11.4. The summed E-state index contributed by atoms with van der Waals surface area (Å²) in [5.41, 5.74) is 4.97. The van der Waals surface area contributed by atoms with Crippen LogP contribution < -0.4 is 25.7 Å². The first-order chi connectivity index (χ1) is 18.0. The number of benzene rings is 2. The minimum atomic E-state index is -2.86. The van der Waals surface area contributed by atoms with E-state index in [0.29, 0.717) is 6.54 Å². The molecule has 0 bridgehead atoms. The van der Waals surface area contributed by atoms with E-state index in [1.54, 1.807) is 18.3 Å². The van der Waals surface area contributed by atoms with Crippen molar-refractivity contribution >= 4 is 17.5 Å². The summed E-state index contributed by atoms with van der Waals surface area (Å²) in [6.07, 6.45) is 1.58. The van der Waals surface area contributed by atoms with Crippen LogP contribution in [0.1, 0.15) is 35.2 Å². The van der Waals surface area contributed by atoms with Crippen LogP contribution in [0.3, 0.4) is 0 Å². The van der Waals surface area contributed by atoms with E-state index < -0.39 is 30.1 Å². The van der Waals surface area contributed by atoms with Crippen LogP contribution in [-0.2, 0) is 11.3 Å². The monoisotopic (exact) mass is 535 g/mol. The van der Waals surface area contributed by atoms with Gasteiger partial charge in [0.1, 0.15) is 28.8 Å². The van der Waals surface area contributed by atoms with Gasteiger partial charge in [-0.15, -0.1) is 0 Å². The lowest BCUT2D eigenvalue weighted by Crippen LogP contribution is -2.32. The van der Waals surface area contributed by atoms with Gasteiger partial charge in [0.2, 0.25) is 11.8 Å². The summed E-state index contributed by atoms with van der Waals surface area (Å²) in [7, 11) is 1.32. The molecule has 2 heterocycles. The molecule has 0 radical (unpaired) electrons. The molecule has 1 aliphatic rings. The van der Waals surface area contributed by atoms with Gasteiger partial charge >= 0.3 is 6.61 Å². The number of aryl methyl sites for hydroxylation is 1. The molecule has 12 heteroatoms. The first-order valence-electron chi connectivity index (χ1n) is 11.4. The second-order valence-electron chi connectivity index (χ2n) is 8.16. The van der Waals surface area contributed by atoms with Gasteiger partial charge in [0.15, 0.2) is 0 Å². The molecule has 0 spiro atoms. The Bertz CT molecular complexity index is 1340. The summed E-state index contributed by atoms with van der Waals surface area (Å²) in [4.78, 5) is 36.6. The zero-order chi connectivity index (χ0) is 28.0. The first kappa shape index (κ1) is 28.2. The van der Waals surface area contributed by atoms with Crippen molar-refractivity contribution in [3.8, 4) is 11.5 Å². The molecule has 1 aromatic heterocycles. The number of anilines is 1. The molecule has 202 valence electrons. The minimum absolute atomic E-state index is 0.000000000000000444. The Morgan fingerprint density at radius 2 is 1.71 bits per heavy atom. The van der Waals surface area contributed by atoms with Crippen molar-refractivity contribution in [3.63, 3.8) is 0 Å². The highest BCUT2D eigenvalue weighted by Crippen LogP contribution is 2.35. The maximum Gasteiger partial charge on any atom is 0.387 e. The molecule has 8 nitrogen and oxygen atoms in total. The number of amides is 2. The topological polar surface area (TPSA) is 104 Å². The van der Waals surface area contributed by atoms with Gasteiger partial charge < -0.3 is 24.7 Å². The molecule has 1 atom stereocenters. The van der Waals surface area contributed by atoms with Crippen LogP contribution in [0.15, 0.2) is 59.5 Å². The maximum absolute atomic E-state index is 14.3. The highest BCUT2D eigenvalue weighted by atomic mass is 19.3. The average Bonchev–Trinajstić information content (AvgIpc) is 3.24. The number of alkyl halides is 2.